The van der Waals surface area contributed by atoms with Crippen molar-refractivity contribution >= 4 is 45.7 Å². The number of Topliss-reactive ketones (excluding diaryl/α,β-unsaturated/α-hetero) is 2. The lowest BCUT2D eigenvalue weighted by molar-refractivity contribution is -0.116. The van der Waals surface area contributed by atoms with Crippen molar-refractivity contribution in [3.63, 3.8) is 0 Å². The predicted octanol–water partition coefficient (Wildman–Crippen LogP) is 1.68. The Morgan fingerprint density at radius 2 is 1.17 bits per heavy atom. The van der Waals surface area contributed by atoms with E-state index in [1.54, 1.807) is 0 Å². The van der Waals surface area contributed by atoms with Gasteiger partial charge in [0.2, 0.25) is 0 Å². The molecular formula is C8H10O2S2. The largest absolute Gasteiger partial charge is 0.300 e. The first-order valence-corrected chi connectivity index (χ1v) is 4.30. The van der Waals surface area contributed by atoms with Crippen molar-refractivity contribution < 1.29 is 9.59 Å². The minimum atomic E-state index is -0.0223. The van der Waals surface area contributed by atoms with Gasteiger partial charge in [-0.2, -0.15) is 0 Å². The van der Waals surface area contributed by atoms with Crippen LogP contribution in [0.5, 0.6) is 0 Å². The zero-order chi connectivity index (χ0) is 9.72. The van der Waals surface area contributed by atoms with Crippen molar-refractivity contribution in [2.45, 2.75) is 26.7 Å². The molecule has 0 bridgehead atoms. The molecule has 0 radical (unpaired) electrons. The monoisotopic (exact) mass is 202 g/mol. The van der Waals surface area contributed by atoms with Crippen molar-refractivity contribution in [3.05, 3.63) is 0 Å². The van der Waals surface area contributed by atoms with Gasteiger partial charge >= 0.3 is 0 Å². The minimum absolute atomic E-state index is 0.0223. The van der Waals surface area contributed by atoms with Gasteiger partial charge in [-0.25, -0.2) is 0 Å². The van der Waals surface area contributed by atoms with Crippen molar-refractivity contribution in [1.29, 1.82) is 0 Å². The summed E-state index contributed by atoms with van der Waals surface area (Å²) < 4.78 is 0. The molecule has 0 aliphatic carbocycles. The normalized spacial score (nSPS) is 9.17. The summed E-state index contributed by atoms with van der Waals surface area (Å²) >= 11 is 9.71. The molecule has 2 nitrogen and oxygen atoms in total. The molecule has 0 aliphatic heterocycles. The number of hydrogen-bond acceptors (Lipinski definition) is 4. The maximum absolute atomic E-state index is 10.6. The number of ketones is 2. The van der Waals surface area contributed by atoms with Crippen molar-refractivity contribution in [2.75, 3.05) is 0 Å². The van der Waals surface area contributed by atoms with E-state index in [1.165, 1.54) is 13.8 Å². The Morgan fingerprint density at radius 1 is 0.917 bits per heavy atom. The first-order chi connectivity index (χ1) is 5.43. The molecule has 0 saturated heterocycles. The summed E-state index contributed by atoms with van der Waals surface area (Å²) in [6, 6.07) is 0. The summed E-state index contributed by atoms with van der Waals surface area (Å²) in [5.41, 5.74) is 0. The Hall–Kier alpha value is -0.480. The van der Waals surface area contributed by atoms with Crippen LogP contribution in [-0.4, -0.2) is 21.3 Å². The van der Waals surface area contributed by atoms with Crippen LogP contribution >= 0.6 is 24.4 Å². The molecular weight excluding hydrogens is 192 g/mol. The first kappa shape index (κ1) is 11.5. The van der Waals surface area contributed by atoms with Crippen LogP contribution in [0.4, 0.5) is 0 Å². The van der Waals surface area contributed by atoms with E-state index in [1.807, 2.05) is 0 Å². The Morgan fingerprint density at radius 3 is 1.33 bits per heavy atom. The second-order valence-corrected chi connectivity index (χ2v) is 3.59. The number of thiocarbonyl (C=S) groups is 2. The summed E-state index contributed by atoms with van der Waals surface area (Å²) in [6.07, 6.45) is 0.364. The highest BCUT2D eigenvalue weighted by Gasteiger charge is 2.08. The van der Waals surface area contributed by atoms with Gasteiger partial charge < -0.3 is 0 Å². The lowest BCUT2D eigenvalue weighted by Crippen LogP contribution is -2.15. The van der Waals surface area contributed by atoms with Gasteiger partial charge in [0.15, 0.2) is 0 Å². The maximum atomic E-state index is 10.6. The molecule has 0 aromatic carbocycles. The summed E-state index contributed by atoms with van der Waals surface area (Å²) in [6.45, 7) is 2.89. The van der Waals surface area contributed by atoms with Gasteiger partial charge in [-0.1, -0.05) is 24.4 Å². The van der Waals surface area contributed by atoms with Gasteiger partial charge in [0, 0.05) is 22.6 Å². The highest BCUT2D eigenvalue weighted by atomic mass is 32.1. The topological polar surface area (TPSA) is 34.1 Å². The smallest absolute Gasteiger partial charge is 0.135 e. The first-order valence-electron chi connectivity index (χ1n) is 3.48. The van der Waals surface area contributed by atoms with Crippen LogP contribution in [0.25, 0.3) is 0 Å². The van der Waals surface area contributed by atoms with Crippen molar-refractivity contribution in [2.24, 2.45) is 0 Å². The molecule has 0 heterocycles. The number of hydrogen-bond donors (Lipinski definition) is 0. The van der Waals surface area contributed by atoms with E-state index < -0.39 is 0 Å². The average Bonchev–Trinajstić information content (AvgIpc) is 1.84. The third kappa shape index (κ3) is 5.21. The van der Waals surface area contributed by atoms with Crippen molar-refractivity contribution in [1.82, 2.24) is 0 Å². The third-order valence-electron chi connectivity index (χ3n) is 1.13. The van der Waals surface area contributed by atoms with Crippen LogP contribution in [0.1, 0.15) is 26.7 Å². The molecule has 0 saturated carbocycles. The Kier molecular flexibility index (Phi) is 5.01. The zero-order valence-electron chi connectivity index (χ0n) is 7.05. The van der Waals surface area contributed by atoms with Gasteiger partial charge in [0.05, 0.1) is 0 Å². The zero-order valence-corrected chi connectivity index (χ0v) is 8.68. The quantitative estimate of drug-likeness (QED) is 0.635. The molecule has 0 fully saturated rings. The second kappa shape index (κ2) is 5.22. The average molecular weight is 202 g/mol. The number of rotatable bonds is 5. The lowest BCUT2D eigenvalue weighted by Gasteiger charge is -2.00. The van der Waals surface area contributed by atoms with Crippen LogP contribution in [0, 0.1) is 0 Å². The lowest BCUT2D eigenvalue weighted by atomic mass is 10.1. The Labute approximate surface area is 82.3 Å². The molecule has 12 heavy (non-hydrogen) atoms. The predicted molar refractivity (Wildman–Crippen MR) is 55.8 cm³/mol. The Balaban J connectivity index is 4.03. The maximum Gasteiger partial charge on any atom is 0.135 e. The summed E-state index contributed by atoms with van der Waals surface area (Å²) in [5, 5.41) is 0. The third-order valence-corrected chi connectivity index (χ3v) is 2.04. The van der Waals surface area contributed by atoms with E-state index >= 15 is 0 Å². The van der Waals surface area contributed by atoms with Gasteiger partial charge in [-0.05, 0) is 13.8 Å². The van der Waals surface area contributed by atoms with Gasteiger partial charge in [-0.15, -0.1) is 0 Å². The van der Waals surface area contributed by atoms with Crippen LogP contribution in [0.2, 0.25) is 0 Å². The highest BCUT2D eigenvalue weighted by molar-refractivity contribution is 7.89. The highest BCUT2D eigenvalue weighted by Crippen LogP contribution is 1.98. The fourth-order valence-corrected chi connectivity index (χ4v) is 1.20. The summed E-state index contributed by atoms with van der Waals surface area (Å²) in [7, 11) is 0. The molecule has 0 atom stereocenters. The summed E-state index contributed by atoms with van der Waals surface area (Å²) in [5.74, 6) is -0.0446. The van der Waals surface area contributed by atoms with Crippen LogP contribution in [-0.2, 0) is 9.59 Å². The summed E-state index contributed by atoms with van der Waals surface area (Å²) in [4.78, 5) is 22.1. The molecule has 0 aromatic heterocycles. The standard InChI is InChI=1S/C8H10O2S2/c1-5(9)3-7(11)8(12)4-6(2)10/h3-4H2,1-2H3. The molecule has 0 unspecified atom stereocenters. The van der Waals surface area contributed by atoms with Gasteiger partial charge in [0.1, 0.15) is 11.6 Å². The molecule has 0 aromatic rings. The van der Waals surface area contributed by atoms with Crippen LogP contribution in [0.15, 0.2) is 0 Å². The second-order valence-electron chi connectivity index (χ2n) is 2.60. The molecule has 0 N–H and O–H groups in total. The molecule has 0 spiro atoms. The van der Waals surface area contributed by atoms with Gasteiger partial charge in [-0.3, -0.25) is 9.59 Å². The fourth-order valence-electron chi connectivity index (χ4n) is 0.649. The van der Waals surface area contributed by atoms with Crippen LogP contribution < -0.4 is 0 Å². The molecule has 0 aliphatic rings. The van der Waals surface area contributed by atoms with E-state index in [-0.39, 0.29) is 24.4 Å². The van der Waals surface area contributed by atoms with Crippen molar-refractivity contribution in [3.8, 4) is 0 Å². The van der Waals surface area contributed by atoms with E-state index in [0.717, 1.165) is 0 Å². The Bertz CT molecular complexity index is 217. The van der Waals surface area contributed by atoms with Gasteiger partial charge in [0.25, 0.3) is 0 Å². The molecule has 66 valence electrons. The molecule has 0 amide bonds. The van der Waals surface area contributed by atoms with Crippen LogP contribution in [0.3, 0.4) is 0 Å². The number of carbonyl (C=O) groups excluding carboxylic acids is 2. The van der Waals surface area contributed by atoms with E-state index in [4.69, 9.17) is 24.4 Å². The van der Waals surface area contributed by atoms with E-state index in [2.05, 4.69) is 0 Å². The molecule has 0 rings (SSSR count). The van der Waals surface area contributed by atoms with E-state index in [9.17, 15) is 9.59 Å². The minimum Gasteiger partial charge on any atom is -0.300 e. The fraction of sp³-hybridized carbons (Fsp3) is 0.500. The molecule has 4 heteroatoms. The number of carbonyl (C=O) groups is 2. The SMILES string of the molecule is CC(=O)CC(=S)C(=S)CC(C)=O. The van der Waals surface area contributed by atoms with E-state index in [0.29, 0.717) is 9.73 Å².